The van der Waals surface area contributed by atoms with Crippen LogP contribution in [-0.2, 0) is 20.7 Å². The predicted octanol–water partition coefficient (Wildman–Crippen LogP) is 9.98. The second-order valence-electron chi connectivity index (χ2n) is 15.7. The third-order valence-electron chi connectivity index (χ3n) is 8.13. The maximum absolute atomic E-state index is 13.2. The number of benzene rings is 4. The van der Waals surface area contributed by atoms with Gasteiger partial charge >= 0.3 is 17.9 Å². The first kappa shape index (κ1) is 42.1. The van der Waals surface area contributed by atoms with Gasteiger partial charge in [0.1, 0.15) is 34.1 Å². The van der Waals surface area contributed by atoms with Crippen molar-refractivity contribution in [3.05, 3.63) is 125 Å². The number of thiazole rings is 1. The van der Waals surface area contributed by atoms with Crippen molar-refractivity contribution in [2.24, 2.45) is 5.10 Å². The number of carbonyl (C=O) groups excluding carboxylic acids is 3. The molecule has 298 valence electrons. The van der Waals surface area contributed by atoms with E-state index in [0.29, 0.717) is 57.5 Å². The van der Waals surface area contributed by atoms with Gasteiger partial charge in [0.25, 0.3) is 0 Å². The molecule has 5 aromatic rings. The van der Waals surface area contributed by atoms with E-state index in [1.807, 2.05) is 84.9 Å². The van der Waals surface area contributed by atoms with Gasteiger partial charge in [-0.05, 0) is 134 Å². The van der Waals surface area contributed by atoms with Gasteiger partial charge in [-0.25, -0.2) is 19.4 Å². The van der Waals surface area contributed by atoms with E-state index in [0.717, 1.165) is 15.8 Å². The quantitative estimate of drug-likeness (QED) is 0.0338. The summed E-state index contributed by atoms with van der Waals surface area (Å²) in [5, 5.41) is 5.00. The molecule has 0 unspecified atom stereocenters. The van der Waals surface area contributed by atoms with Crippen molar-refractivity contribution >= 4 is 50.8 Å². The molecule has 0 aliphatic rings. The van der Waals surface area contributed by atoms with Crippen LogP contribution >= 0.6 is 11.3 Å². The lowest BCUT2D eigenvalue weighted by Crippen LogP contribution is -2.40. The fourth-order valence-corrected chi connectivity index (χ4v) is 6.77. The molecular formula is C45H49N3O8S. The van der Waals surface area contributed by atoms with Crippen LogP contribution in [0.5, 0.6) is 17.2 Å². The smallest absolute Gasteiger partial charge is 0.343 e. The molecule has 57 heavy (non-hydrogen) atoms. The Morgan fingerprint density at radius 2 is 1.44 bits per heavy atom. The lowest BCUT2D eigenvalue weighted by Gasteiger charge is -2.35. The minimum Gasteiger partial charge on any atom is -0.488 e. The number of esters is 3. The fraction of sp³-hybridized carbons (Fsp3) is 0.311. The molecule has 5 rings (SSSR count). The van der Waals surface area contributed by atoms with E-state index >= 15 is 0 Å². The number of aromatic nitrogens is 1. The molecule has 12 heteroatoms. The van der Waals surface area contributed by atoms with E-state index in [2.05, 4.69) is 22.1 Å². The van der Waals surface area contributed by atoms with Gasteiger partial charge in [0.05, 0.1) is 34.2 Å². The zero-order valence-corrected chi connectivity index (χ0v) is 34.5. The maximum Gasteiger partial charge on any atom is 0.343 e. The summed E-state index contributed by atoms with van der Waals surface area (Å²) in [4.78, 5) is 42.8. The summed E-state index contributed by atoms with van der Waals surface area (Å²) in [6.45, 7) is 18.7. The van der Waals surface area contributed by atoms with Crippen LogP contribution in [0.1, 0.15) is 93.7 Å². The Hall–Kier alpha value is -6.01. The highest BCUT2D eigenvalue weighted by Crippen LogP contribution is 2.30. The minimum absolute atomic E-state index is 0.102. The Morgan fingerprint density at radius 1 is 0.807 bits per heavy atom. The lowest BCUT2D eigenvalue weighted by atomic mass is 9.92. The molecule has 0 bridgehead atoms. The Balaban J connectivity index is 1.22. The van der Waals surface area contributed by atoms with Crippen LogP contribution in [0.25, 0.3) is 10.2 Å². The van der Waals surface area contributed by atoms with Gasteiger partial charge in [-0.2, -0.15) is 5.10 Å². The van der Waals surface area contributed by atoms with Gasteiger partial charge < -0.3 is 23.7 Å². The number of hydrogen-bond acceptors (Lipinski definition) is 12. The molecule has 1 N–H and O–H groups in total. The summed E-state index contributed by atoms with van der Waals surface area (Å²) in [5.41, 5.74) is 4.40. The monoisotopic (exact) mass is 791 g/mol. The summed E-state index contributed by atoms with van der Waals surface area (Å²) in [7, 11) is 0. The molecule has 0 aliphatic heterocycles. The SMILES string of the molecule is C=C(C)C(=O)OC(C)(C)CC(C)(C)Oc1ccc(C(=O)OCCc2ccc(OC(=O)c3ccc(OC(C)(C)C)cc3)c(/C=N/Nc3nc4ccccc4s3)c2)cc1. The van der Waals surface area contributed by atoms with Crippen molar-refractivity contribution in [2.75, 3.05) is 12.0 Å². The molecule has 0 spiro atoms. The molecule has 0 aliphatic carbocycles. The van der Waals surface area contributed by atoms with Crippen LogP contribution in [0.2, 0.25) is 0 Å². The molecule has 0 saturated heterocycles. The number of nitrogens with one attached hydrogen (secondary N) is 1. The molecule has 11 nitrogen and oxygen atoms in total. The highest BCUT2D eigenvalue weighted by molar-refractivity contribution is 7.22. The first-order valence-corrected chi connectivity index (χ1v) is 19.3. The topological polar surface area (TPSA) is 135 Å². The number of rotatable bonds is 16. The first-order chi connectivity index (χ1) is 26.8. The molecule has 4 aromatic carbocycles. The first-order valence-electron chi connectivity index (χ1n) is 18.5. The highest BCUT2D eigenvalue weighted by Gasteiger charge is 2.33. The van der Waals surface area contributed by atoms with Crippen LogP contribution in [0.15, 0.2) is 108 Å². The molecule has 0 saturated carbocycles. The zero-order valence-electron chi connectivity index (χ0n) is 33.6. The Kier molecular flexibility index (Phi) is 13.2. The average molecular weight is 792 g/mol. The normalized spacial score (nSPS) is 11.9. The van der Waals surface area contributed by atoms with E-state index < -0.39 is 29.1 Å². The largest absolute Gasteiger partial charge is 0.488 e. The number of fused-ring (bicyclic) bond motifs is 1. The second-order valence-corrected chi connectivity index (χ2v) is 16.8. The van der Waals surface area contributed by atoms with Gasteiger partial charge in [0.15, 0.2) is 0 Å². The Labute approximate surface area is 337 Å². The predicted molar refractivity (Wildman–Crippen MR) is 224 cm³/mol. The highest BCUT2D eigenvalue weighted by atomic mass is 32.1. The van der Waals surface area contributed by atoms with Gasteiger partial charge in [0.2, 0.25) is 5.13 Å². The summed E-state index contributed by atoms with van der Waals surface area (Å²) in [6, 6.07) is 26.6. The lowest BCUT2D eigenvalue weighted by molar-refractivity contribution is -0.155. The molecule has 0 radical (unpaired) electrons. The van der Waals surface area contributed by atoms with Crippen LogP contribution in [0.4, 0.5) is 5.13 Å². The van der Waals surface area contributed by atoms with Crippen LogP contribution < -0.4 is 19.6 Å². The molecular weight excluding hydrogens is 743 g/mol. The third-order valence-corrected chi connectivity index (χ3v) is 9.07. The van der Waals surface area contributed by atoms with Crippen molar-refractivity contribution in [3.63, 3.8) is 0 Å². The van der Waals surface area contributed by atoms with Crippen molar-refractivity contribution in [1.29, 1.82) is 0 Å². The number of ether oxygens (including phenoxy) is 5. The maximum atomic E-state index is 13.2. The van der Waals surface area contributed by atoms with Crippen LogP contribution in [-0.4, -0.2) is 52.5 Å². The van der Waals surface area contributed by atoms with E-state index in [1.165, 1.54) is 11.3 Å². The second kappa shape index (κ2) is 17.8. The molecule has 1 heterocycles. The number of nitrogens with zero attached hydrogens (tertiary/aromatic N) is 2. The van der Waals surface area contributed by atoms with Gasteiger partial charge in [-0.3, -0.25) is 5.43 Å². The minimum atomic E-state index is -0.787. The standard InChI is InChI=1S/C45H49N3O8S/c1-29(2)39(49)56-45(8,9)28-44(6,7)55-35-21-15-31(16-22-35)40(50)52-25-24-30-14-23-37(53-41(51)32-17-19-34(20-18-32)54-43(3,4)5)33(26-30)27-46-48-42-47-36-12-10-11-13-38(36)57-42/h10-23,26-27H,1,24-25,28H2,2-9H3,(H,47,48)/b46-27+. The molecule has 0 atom stereocenters. The van der Waals surface area contributed by atoms with Gasteiger partial charge in [0, 0.05) is 24.0 Å². The van der Waals surface area contributed by atoms with Crippen molar-refractivity contribution in [2.45, 2.75) is 85.0 Å². The van der Waals surface area contributed by atoms with Gasteiger partial charge in [-0.1, -0.05) is 36.1 Å². The van der Waals surface area contributed by atoms with E-state index in [-0.39, 0.29) is 12.2 Å². The Bertz CT molecular complexity index is 2220. The van der Waals surface area contributed by atoms with Crippen molar-refractivity contribution in [1.82, 2.24) is 4.98 Å². The number of hydrazone groups is 1. The van der Waals surface area contributed by atoms with Crippen LogP contribution in [0.3, 0.4) is 0 Å². The molecule has 0 amide bonds. The number of anilines is 1. The molecule has 0 fully saturated rings. The van der Waals surface area contributed by atoms with E-state index in [4.69, 9.17) is 23.7 Å². The van der Waals surface area contributed by atoms with Gasteiger partial charge in [-0.15, -0.1) is 0 Å². The zero-order chi connectivity index (χ0) is 41.4. The number of carbonyl (C=O) groups is 3. The summed E-state index contributed by atoms with van der Waals surface area (Å²) >= 11 is 1.47. The summed E-state index contributed by atoms with van der Waals surface area (Å²) in [6.07, 6.45) is 2.37. The summed E-state index contributed by atoms with van der Waals surface area (Å²) < 4.78 is 30.1. The third kappa shape index (κ3) is 12.8. The van der Waals surface area contributed by atoms with Crippen LogP contribution in [0, 0.1) is 0 Å². The van der Waals surface area contributed by atoms with Crippen molar-refractivity contribution < 1.29 is 38.1 Å². The molecule has 1 aromatic heterocycles. The fourth-order valence-electron chi connectivity index (χ4n) is 5.95. The average Bonchev–Trinajstić information content (AvgIpc) is 3.54. The van der Waals surface area contributed by atoms with E-state index in [9.17, 15) is 14.4 Å². The van der Waals surface area contributed by atoms with E-state index in [1.54, 1.807) is 67.7 Å². The van der Waals surface area contributed by atoms with Crippen molar-refractivity contribution in [3.8, 4) is 17.2 Å². The Morgan fingerprint density at radius 3 is 2.07 bits per heavy atom. The number of hydrogen-bond donors (Lipinski definition) is 1. The number of para-hydroxylation sites is 1. The summed E-state index contributed by atoms with van der Waals surface area (Å²) in [5.74, 6) is 0.0142.